The van der Waals surface area contributed by atoms with Gasteiger partial charge >= 0.3 is 0 Å². The highest BCUT2D eigenvalue weighted by atomic mass is 32.2. The largest absolute Gasteiger partial charge is 0.790 e. The number of nitrogens with two attached hydrogens (primary N) is 1. The third-order valence-corrected chi connectivity index (χ3v) is 11.6. The molecule has 0 bridgehead atoms. The zero-order chi connectivity index (χ0) is 41.5. The van der Waals surface area contributed by atoms with Gasteiger partial charge in [0.2, 0.25) is 16.9 Å². The number of aliphatic hydroxyl groups excluding tert-OH is 2. The maximum atomic E-state index is 12.5. The summed E-state index contributed by atoms with van der Waals surface area (Å²) in [6.45, 7) is 0.0487. The maximum Gasteiger partial charge on any atom is 0.274 e. The van der Waals surface area contributed by atoms with Crippen LogP contribution in [0.3, 0.4) is 0 Å². The van der Waals surface area contributed by atoms with Crippen LogP contribution in [0.15, 0.2) is 43.0 Å². The molecule has 310 valence electrons. The van der Waals surface area contributed by atoms with Crippen LogP contribution in [0.2, 0.25) is 0 Å². The number of nitrogen functional groups attached to an aromatic ring is 1. The fourth-order valence-corrected chi connectivity index (χ4v) is 8.34. The van der Waals surface area contributed by atoms with Crippen molar-refractivity contribution < 1.29 is 80.5 Å². The number of benzene rings is 1. The SMILES string of the molecule is CC(C)(COP(=O)([O-])OP(=O)([O-])OC[C@H]1O[C@@H](n2cnc3c(N)ncnc32)[C@H](O)[C@@H]1OP(=O)([O-])[O-])[C@@H](O)C(=O)NCCC(=O)NCCSC(=O)c1ccccc1. The topological polar surface area (TPSA) is 375 Å². The molecule has 2 aromatic heterocycles. The molecule has 2 amide bonds. The van der Waals surface area contributed by atoms with E-state index >= 15 is 0 Å². The molecule has 3 aromatic rings. The van der Waals surface area contributed by atoms with E-state index in [9.17, 15) is 57.9 Å². The number of hydrogen-bond acceptors (Lipinski definition) is 22. The first-order valence-electron chi connectivity index (χ1n) is 16.1. The van der Waals surface area contributed by atoms with E-state index in [2.05, 4.69) is 43.5 Å². The number of aromatic nitrogens is 4. The number of ether oxygens (including phenoxy) is 1. The predicted octanol–water partition coefficient (Wildman–Crippen LogP) is -2.55. The normalized spacial score (nSPS) is 21.6. The lowest BCUT2D eigenvalue weighted by atomic mass is 9.87. The lowest BCUT2D eigenvalue weighted by Crippen LogP contribution is -2.46. The van der Waals surface area contributed by atoms with Gasteiger partial charge in [0.15, 0.2) is 17.7 Å². The Morgan fingerprint density at radius 2 is 1.71 bits per heavy atom. The van der Waals surface area contributed by atoms with Crippen molar-refractivity contribution in [1.82, 2.24) is 30.2 Å². The molecule has 1 aliphatic rings. The molecule has 6 N–H and O–H groups in total. The Hall–Kier alpha value is -3.22. The summed E-state index contributed by atoms with van der Waals surface area (Å²) in [6.07, 6.45) is -7.61. The van der Waals surface area contributed by atoms with Crippen LogP contribution in [0, 0.1) is 5.41 Å². The second-order valence-corrected chi connectivity index (χ2v) is 17.6. The van der Waals surface area contributed by atoms with Crippen molar-refractivity contribution in [2.75, 3.05) is 37.8 Å². The van der Waals surface area contributed by atoms with Crippen molar-refractivity contribution in [3.05, 3.63) is 48.5 Å². The highest BCUT2D eigenvalue weighted by molar-refractivity contribution is 8.14. The summed E-state index contributed by atoms with van der Waals surface area (Å²) >= 11 is 1.01. The standard InChI is InChI=1S/C28H40N7O17P3S/c1-28(2,22(38)25(39)31-9-8-18(36)30-10-11-56-27(40)16-6-4-3-5-7-16)13-49-55(46,47)52-54(44,45)48-12-17-21(51-53(41,42)43)20(37)26(50-17)35-15-34-19-23(29)32-14-33-24(19)35/h3-7,14-15,17,20-22,26,37-38H,8-13H2,1-2H3,(H,30,36)(H,31,39)(H,44,45)(H,46,47)(H2,29,32,33)(H2,41,42,43)/p-4/t17-,20-,21-,22+,26-/m1/s1. The molecule has 7 atom stereocenters. The Balaban J connectivity index is 1.23. The number of aliphatic hydroxyl groups is 2. The van der Waals surface area contributed by atoms with Gasteiger partial charge < -0.3 is 69.0 Å². The van der Waals surface area contributed by atoms with E-state index < -0.39 is 84.6 Å². The molecule has 3 heterocycles. The van der Waals surface area contributed by atoms with Crippen LogP contribution in [0.1, 0.15) is 36.9 Å². The zero-order valence-electron chi connectivity index (χ0n) is 29.3. The molecule has 0 saturated carbocycles. The van der Waals surface area contributed by atoms with Gasteiger partial charge in [-0.3, -0.25) is 28.1 Å². The number of thioether (sulfide) groups is 1. The molecule has 0 radical (unpaired) electrons. The number of phosphoric ester groups is 3. The number of hydrogen-bond donors (Lipinski definition) is 5. The van der Waals surface area contributed by atoms with Gasteiger partial charge in [0.25, 0.3) is 15.6 Å². The average molecular weight is 868 g/mol. The van der Waals surface area contributed by atoms with Crippen LogP contribution in [-0.4, -0.2) is 103 Å². The summed E-state index contributed by atoms with van der Waals surface area (Å²) in [6, 6.07) is 8.54. The molecule has 1 saturated heterocycles. The van der Waals surface area contributed by atoms with Gasteiger partial charge in [0, 0.05) is 36.2 Å². The number of imidazole rings is 1. The summed E-state index contributed by atoms with van der Waals surface area (Å²) in [5.41, 5.74) is 4.57. The average Bonchev–Trinajstić information content (AvgIpc) is 3.68. The first kappa shape index (κ1) is 45.5. The minimum Gasteiger partial charge on any atom is -0.790 e. The summed E-state index contributed by atoms with van der Waals surface area (Å²) in [4.78, 5) is 96.2. The van der Waals surface area contributed by atoms with Crippen molar-refractivity contribution >= 4 is 69.1 Å². The third kappa shape index (κ3) is 12.9. The Morgan fingerprint density at radius 3 is 2.39 bits per heavy atom. The summed E-state index contributed by atoms with van der Waals surface area (Å²) < 4.78 is 60.5. The van der Waals surface area contributed by atoms with E-state index in [0.717, 1.165) is 29.0 Å². The fourth-order valence-electron chi connectivity index (χ4n) is 4.91. The summed E-state index contributed by atoms with van der Waals surface area (Å²) in [5.74, 6) is -1.28. The Labute approximate surface area is 321 Å². The molecule has 1 fully saturated rings. The number of amides is 2. The Kier molecular flexibility index (Phi) is 15.4. The summed E-state index contributed by atoms with van der Waals surface area (Å²) in [7, 11) is -17.6. The van der Waals surface area contributed by atoms with E-state index in [4.69, 9.17) is 10.5 Å². The summed E-state index contributed by atoms with van der Waals surface area (Å²) in [5, 5.41) is 26.0. The molecule has 1 aliphatic heterocycles. The number of phosphoric acid groups is 3. The molecule has 0 aliphatic carbocycles. The van der Waals surface area contributed by atoms with E-state index in [1.165, 1.54) is 13.8 Å². The fraction of sp³-hybridized carbons (Fsp3) is 0.500. The number of anilines is 1. The molecule has 56 heavy (non-hydrogen) atoms. The molecule has 1 aromatic carbocycles. The smallest absolute Gasteiger partial charge is 0.274 e. The molecule has 24 nitrogen and oxygen atoms in total. The van der Waals surface area contributed by atoms with Crippen LogP contribution < -0.4 is 35.9 Å². The molecule has 0 spiro atoms. The van der Waals surface area contributed by atoms with Crippen LogP contribution in [0.5, 0.6) is 0 Å². The van der Waals surface area contributed by atoms with Crippen LogP contribution in [0.25, 0.3) is 11.2 Å². The molecule has 28 heteroatoms. The maximum absolute atomic E-state index is 12.5. The quantitative estimate of drug-likeness (QED) is 0.0576. The van der Waals surface area contributed by atoms with Gasteiger partial charge in [-0.1, -0.05) is 55.9 Å². The highest BCUT2D eigenvalue weighted by Crippen LogP contribution is 2.56. The number of rotatable bonds is 20. The third-order valence-electron chi connectivity index (χ3n) is 7.72. The van der Waals surface area contributed by atoms with Gasteiger partial charge in [-0.15, -0.1) is 0 Å². The lowest BCUT2D eigenvalue weighted by molar-refractivity contribution is -0.347. The van der Waals surface area contributed by atoms with Gasteiger partial charge in [0.05, 0.1) is 27.4 Å². The second kappa shape index (κ2) is 19.0. The highest BCUT2D eigenvalue weighted by Gasteiger charge is 2.47. The van der Waals surface area contributed by atoms with Crippen LogP contribution in [0.4, 0.5) is 5.82 Å². The molecule has 4 rings (SSSR count). The van der Waals surface area contributed by atoms with Gasteiger partial charge in [0.1, 0.15) is 36.3 Å². The Morgan fingerprint density at radius 1 is 1.04 bits per heavy atom. The molecular formula is C28H36N7O17P3S-4. The van der Waals surface area contributed by atoms with Crippen molar-refractivity contribution in [2.24, 2.45) is 5.41 Å². The van der Waals surface area contributed by atoms with Crippen LogP contribution in [-0.2, 0) is 45.9 Å². The zero-order valence-corrected chi connectivity index (χ0v) is 32.8. The number of carbonyl (C=O) groups excluding carboxylic acids is 3. The minimum absolute atomic E-state index is 0.0227. The molecule has 2 unspecified atom stereocenters. The van der Waals surface area contributed by atoms with Crippen molar-refractivity contribution in [3.8, 4) is 0 Å². The number of nitrogens with zero attached hydrogens (tertiary/aromatic N) is 4. The van der Waals surface area contributed by atoms with E-state index in [1.54, 1.807) is 30.3 Å². The van der Waals surface area contributed by atoms with Gasteiger partial charge in [-0.25, -0.2) is 19.3 Å². The van der Waals surface area contributed by atoms with E-state index in [1.807, 2.05) is 0 Å². The van der Waals surface area contributed by atoms with Crippen molar-refractivity contribution in [1.29, 1.82) is 0 Å². The van der Waals surface area contributed by atoms with Crippen molar-refractivity contribution in [2.45, 2.75) is 50.9 Å². The van der Waals surface area contributed by atoms with E-state index in [0.29, 0.717) is 11.3 Å². The van der Waals surface area contributed by atoms with E-state index in [-0.39, 0.29) is 41.6 Å². The van der Waals surface area contributed by atoms with Crippen LogP contribution >= 0.6 is 35.2 Å². The lowest BCUT2D eigenvalue weighted by Gasteiger charge is -2.36. The van der Waals surface area contributed by atoms with Gasteiger partial charge in [-0.2, -0.15) is 0 Å². The monoisotopic (exact) mass is 867 g/mol. The second-order valence-electron chi connectivity index (χ2n) is 12.5. The molecular weight excluding hydrogens is 831 g/mol. The number of carbonyl (C=O) groups is 3. The first-order chi connectivity index (χ1) is 26.1. The number of nitrogens with one attached hydrogen (secondary N) is 2. The predicted molar refractivity (Wildman–Crippen MR) is 184 cm³/mol. The minimum atomic E-state index is -5.92. The first-order valence-corrected chi connectivity index (χ1v) is 21.5. The number of fused-ring (bicyclic) bond motifs is 1. The van der Waals surface area contributed by atoms with Gasteiger partial charge in [-0.05, 0) is 0 Å². The van der Waals surface area contributed by atoms with Crippen molar-refractivity contribution in [3.63, 3.8) is 0 Å². The Bertz CT molecular complexity index is 2000.